The number of hydrogen-bond acceptors (Lipinski definition) is 6. The first-order chi connectivity index (χ1) is 18.9. The molecule has 9 heteroatoms. The highest BCUT2D eigenvalue weighted by atomic mass is 32.2. The number of fused-ring (bicyclic) bond motifs is 1. The number of rotatable bonds is 8. The van der Waals surface area contributed by atoms with Crippen LogP contribution in [0.25, 0.3) is 10.9 Å². The Morgan fingerprint density at radius 1 is 0.923 bits per heavy atom. The SMILES string of the molecule is CCOc1ccc(CN2CCCN(C(=O)c3ccc(NS(=O)(=O)c4cccc5cccnc45)cc3)CC2)cc1. The molecule has 0 atom stereocenters. The van der Waals surface area contributed by atoms with Crippen molar-refractivity contribution >= 4 is 32.5 Å². The van der Waals surface area contributed by atoms with Crippen LogP contribution in [0.4, 0.5) is 5.69 Å². The Morgan fingerprint density at radius 2 is 1.69 bits per heavy atom. The van der Waals surface area contributed by atoms with Crippen molar-refractivity contribution in [3.8, 4) is 5.75 Å². The van der Waals surface area contributed by atoms with Crippen LogP contribution in [0.2, 0.25) is 0 Å². The van der Waals surface area contributed by atoms with Crippen molar-refractivity contribution in [2.24, 2.45) is 0 Å². The van der Waals surface area contributed by atoms with Crippen molar-refractivity contribution in [1.29, 1.82) is 0 Å². The van der Waals surface area contributed by atoms with Crippen LogP contribution in [0.3, 0.4) is 0 Å². The molecule has 1 aliphatic heterocycles. The molecule has 1 aliphatic rings. The van der Waals surface area contributed by atoms with Crippen molar-refractivity contribution < 1.29 is 17.9 Å². The molecule has 8 nitrogen and oxygen atoms in total. The third-order valence-electron chi connectivity index (χ3n) is 6.79. The first-order valence-corrected chi connectivity index (χ1v) is 14.6. The summed E-state index contributed by atoms with van der Waals surface area (Å²) in [5.74, 6) is 0.823. The van der Waals surface area contributed by atoms with E-state index in [0.717, 1.165) is 37.2 Å². The molecule has 202 valence electrons. The minimum atomic E-state index is -3.86. The van der Waals surface area contributed by atoms with Crippen LogP contribution in [0.1, 0.15) is 29.3 Å². The molecule has 4 aromatic rings. The molecule has 0 bridgehead atoms. The highest BCUT2D eigenvalue weighted by Gasteiger charge is 2.22. The molecular weight excluding hydrogens is 512 g/mol. The quantitative estimate of drug-likeness (QED) is 0.343. The Bertz CT molecular complexity index is 1530. The maximum absolute atomic E-state index is 13.2. The van der Waals surface area contributed by atoms with E-state index in [4.69, 9.17) is 4.74 Å². The van der Waals surface area contributed by atoms with Gasteiger partial charge in [0.15, 0.2) is 0 Å². The van der Waals surface area contributed by atoms with Crippen molar-refractivity contribution in [1.82, 2.24) is 14.8 Å². The van der Waals surface area contributed by atoms with Gasteiger partial charge in [-0.25, -0.2) is 8.42 Å². The van der Waals surface area contributed by atoms with Gasteiger partial charge < -0.3 is 9.64 Å². The van der Waals surface area contributed by atoms with E-state index in [2.05, 4.69) is 26.7 Å². The van der Waals surface area contributed by atoms with E-state index in [1.165, 1.54) is 11.6 Å². The molecule has 1 aromatic heterocycles. The first kappa shape index (κ1) is 26.6. The summed E-state index contributed by atoms with van der Waals surface area (Å²) in [4.78, 5) is 21.8. The molecule has 5 rings (SSSR count). The summed E-state index contributed by atoms with van der Waals surface area (Å²) >= 11 is 0. The molecule has 0 radical (unpaired) electrons. The van der Waals surface area contributed by atoms with Crippen LogP contribution in [0.15, 0.2) is 90.0 Å². The molecule has 2 heterocycles. The average molecular weight is 545 g/mol. The minimum Gasteiger partial charge on any atom is -0.494 e. The number of benzene rings is 3. The second kappa shape index (κ2) is 11.8. The summed E-state index contributed by atoms with van der Waals surface area (Å²) in [5.41, 5.74) is 2.55. The molecular formula is C30H32N4O4S. The smallest absolute Gasteiger partial charge is 0.264 e. The number of sulfonamides is 1. The standard InChI is InChI=1S/C30H32N4O4S/c1-2-38-27-15-9-23(10-16-27)22-33-18-5-19-34(21-20-33)30(35)25-11-13-26(14-12-25)32-39(36,37)28-8-3-6-24-7-4-17-31-29(24)28/h3-4,6-17,32H,2,5,18-22H2,1H3. The van der Waals surface area contributed by atoms with Gasteiger partial charge in [0.25, 0.3) is 15.9 Å². The summed E-state index contributed by atoms with van der Waals surface area (Å²) < 4.78 is 34.3. The molecule has 1 amide bonds. The van der Waals surface area contributed by atoms with E-state index in [9.17, 15) is 13.2 Å². The van der Waals surface area contributed by atoms with Crippen molar-refractivity contribution in [2.75, 3.05) is 37.5 Å². The van der Waals surface area contributed by atoms with Gasteiger partial charge in [0.2, 0.25) is 0 Å². The topological polar surface area (TPSA) is 91.8 Å². The number of anilines is 1. The van der Waals surface area contributed by atoms with E-state index in [1.54, 1.807) is 42.6 Å². The molecule has 1 fully saturated rings. The van der Waals surface area contributed by atoms with Gasteiger partial charge >= 0.3 is 0 Å². The fraction of sp³-hybridized carbons (Fsp3) is 0.267. The van der Waals surface area contributed by atoms with E-state index < -0.39 is 10.0 Å². The second-order valence-electron chi connectivity index (χ2n) is 9.51. The number of ether oxygens (including phenoxy) is 1. The van der Waals surface area contributed by atoms with Gasteiger partial charge in [-0.15, -0.1) is 0 Å². The number of aromatic nitrogens is 1. The number of para-hydroxylation sites is 1. The normalized spacial score (nSPS) is 14.6. The van der Waals surface area contributed by atoms with E-state index in [0.29, 0.717) is 36.5 Å². The largest absolute Gasteiger partial charge is 0.494 e. The fourth-order valence-corrected chi connectivity index (χ4v) is 6.05. The van der Waals surface area contributed by atoms with Gasteiger partial charge in [0.1, 0.15) is 10.6 Å². The molecule has 0 unspecified atom stereocenters. The highest BCUT2D eigenvalue weighted by Crippen LogP contribution is 2.24. The van der Waals surface area contributed by atoms with Crippen LogP contribution in [0.5, 0.6) is 5.75 Å². The molecule has 1 saturated heterocycles. The molecule has 1 N–H and O–H groups in total. The number of hydrogen-bond donors (Lipinski definition) is 1. The van der Waals surface area contributed by atoms with Crippen LogP contribution < -0.4 is 9.46 Å². The monoisotopic (exact) mass is 544 g/mol. The third kappa shape index (κ3) is 6.38. The van der Waals surface area contributed by atoms with Gasteiger partial charge in [-0.3, -0.25) is 19.4 Å². The predicted octanol–water partition coefficient (Wildman–Crippen LogP) is 4.78. The summed E-state index contributed by atoms with van der Waals surface area (Å²) in [6.45, 7) is 6.47. The molecule has 3 aromatic carbocycles. The maximum atomic E-state index is 13.2. The van der Waals surface area contributed by atoms with Crippen LogP contribution in [-0.2, 0) is 16.6 Å². The number of carbonyl (C=O) groups excluding carboxylic acids is 1. The number of amides is 1. The van der Waals surface area contributed by atoms with Crippen molar-refractivity contribution in [2.45, 2.75) is 24.8 Å². The summed E-state index contributed by atoms with van der Waals surface area (Å²) in [6.07, 6.45) is 2.46. The summed E-state index contributed by atoms with van der Waals surface area (Å²) in [7, 11) is -3.86. The number of nitrogens with zero attached hydrogens (tertiary/aromatic N) is 3. The van der Waals surface area contributed by atoms with Crippen LogP contribution in [-0.4, -0.2) is 61.9 Å². The zero-order chi connectivity index (χ0) is 27.2. The van der Waals surface area contributed by atoms with Gasteiger partial charge in [0.05, 0.1) is 12.1 Å². The first-order valence-electron chi connectivity index (χ1n) is 13.1. The Morgan fingerprint density at radius 3 is 2.46 bits per heavy atom. The van der Waals surface area contributed by atoms with Gasteiger partial charge in [-0.05, 0) is 67.4 Å². The molecule has 0 saturated carbocycles. The van der Waals surface area contributed by atoms with Gasteiger partial charge in [-0.1, -0.05) is 30.3 Å². The molecule has 0 spiro atoms. The van der Waals surface area contributed by atoms with Crippen LogP contribution >= 0.6 is 0 Å². The second-order valence-corrected chi connectivity index (χ2v) is 11.2. The van der Waals surface area contributed by atoms with E-state index in [-0.39, 0.29) is 10.8 Å². The van der Waals surface area contributed by atoms with E-state index in [1.807, 2.05) is 36.1 Å². The van der Waals surface area contributed by atoms with Gasteiger partial charge in [0, 0.05) is 55.6 Å². The zero-order valence-corrected chi connectivity index (χ0v) is 22.7. The fourth-order valence-electron chi connectivity index (χ4n) is 4.81. The predicted molar refractivity (Wildman–Crippen MR) is 152 cm³/mol. The Labute approximate surface area is 229 Å². The molecule has 39 heavy (non-hydrogen) atoms. The van der Waals surface area contributed by atoms with Crippen LogP contribution in [0, 0.1) is 0 Å². The Balaban J connectivity index is 1.20. The van der Waals surface area contributed by atoms with Crippen molar-refractivity contribution in [3.63, 3.8) is 0 Å². The number of carbonyl (C=O) groups is 1. The van der Waals surface area contributed by atoms with Crippen molar-refractivity contribution in [3.05, 3.63) is 96.2 Å². The minimum absolute atomic E-state index is 0.0504. The van der Waals surface area contributed by atoms with E-state index >= 15 is 0 Å². The Kier molecular flexibility index (Phi) is 8.09. The lowest BCUT2D eigenvalue weighted by molar-refractivity contribution is 0.0761. The number of nitrogens with one attached hydrogen (secondary N) is 1. The zero-order valence-electron chi connectivity index (χ0n) is 21.9. The van der Waals surface area contributed by atoms with Gasteiger partial charge in [-0.2, -0.15) is 0 Å². The Hall–Kier alpha value is -3.95. The lowest BCUT2D eigenvalue weighted by Crippen LogP contribution is -2.35. The lowest BCUT2D eigenvalue weighted by atomic mass is 10.2. The lowest BCUT2D eigenvalue weighted by Gasteiger charge is -2.22. The third-order valence-corrected chi connectivity index (χ3v) is 8.20. The number of pyridine rings is 1. The summed E-state index contributed by atoms with van der Waals surface area (Å²) in [5, 5.41) is 0.747. The summed E-state index contributed by atoms with van der Waals surface area (Å²) in [6, 6.07) is 23.4. The highest BCUT2D eigenvalue weighted by molar-refractivity contribution is 7.93. The average Bonchev–Trinajstić information content (AvgIpc) is 3.19. The maximum Gasteiger partial charge on any atom is 0.264 e. The molecule has 0 aliphatic carbocycles.